The van der Waals surface area contributed by atoms with Gasteiger partial charge in [-0.25, -0.2) is 9.98 Å². The minimum absolute atomic E-state index is 0.155. The lowest BCUT2D eigenvalue weighted by molar-refractivity contribution is 0.576. The molecule has 2 aromatic heterocycles. The third-order valence-corrected chi connectivity index (χ3v) is 12.8. The van der Waals surface area contributed by atoms with E-state index in [-0.39, 0.29) is 5.41 Å². The van der Waals surface area contributed by atoms with E-state index in [1.54, 1.807) is 0 Å². The Morgan fingerprint density at radius 3 is 2.19 bits per heavy atom. The molecule has 1 aliphatic carbocycles. The maximum absolute atomic E-state index is 6.55. The molecular formula is C63H52N4O2. The Labute approximate surface area is 403 Å². The maximum atomic E-state index is 6.55. The average molecular weight is 897 g/mol. The van der Waals surface area contributed by atoms with Crippen LogP contribution in [0.3, 0.4) is 0 Å². The molecule has 69 heavy (non-hydrogen) atoms. The van der Waals surface area contributed by atoms with Crippen LogP contribution in [-0.2, 0) is 12.0 Å². The summed E-state index contributed by atoms with van der Waals surface area (Å²) in [4.78, 5) is 16.7. The Morgan fingerprint density at radius 2 is 1.42 bits per heavy atom. The third kappa shape index (κ3) is 8.88. The summed E-state index contributed by atoms with van der Waals surface area (Å²) in [5, 5.41) is 2.89. The second-order valence-corrected chi connectivity index (χ2v) is 17.5. The molecule has 0 atom stereocenters. The van der Waals surface area contributed by atoms with Gasteiger partial charge in [-0.1, -0.05) is 166 Å². The predicted molar refractivity (Wildman–Crippen MR) is 290 cm³/mol. The zero-order valence-corrected chi connectivity index (χ0v) is 39.3. The monoisotopic (exact) mass is 896 g/mol. The number of anilines is 2. The fourth-order valence-corrected chi connectivity index (χ4v) is 9.36. The summed E-state index contributed by atoms with van der Waals surface area (Å²) in [6, 6.07) is 61.0. The molecule has 0 saturated carbocycles. The van der Waals surface area contributed by atoms with Crippen LogP contribution in [0, 0.1) is 0 Å². The van der Waals surface area contributed by atoms with Crippen LogP contribution in [0.15, 0.2) is 230 Å². The largest absolute Gasteiger partial charge is 0.457 e. The number of allylic oxidation sites excluding steroid dienone is 4. The number of para-hydroxylation sites is 1. The molecule has 0 aliphatic heterocycles. The highest BCUT2D eigenvalue weighted by atomic mass is 16.3. The molecule has 0 amide bonds. The number of aliphatic imine (C=N–C) groups is 3. The highest BCUT2D eigenvalue weighted by molar-refractivity contribution is 6.18. The molecule has 9 aromatic rings. The quantitative estimate of drug-likeness (QED) is 0.0738. The van der Waals surface area contributed by atoms with Crippen molar-refractivity contribution in [1.29, 1.82) is 0 Å². The molecule has 0 unspecified atom stereocenters. The minimum atomic E-state index is -0.155. The van der Waals surface area contributed by atoms with Crippen LogP contribution in [0.2, 0.25) is 0 Å². The highest BCUT2D eigenvalue weighted by Crippen LogP contribution is 2.53. The molecule has 6 heteroatoms. The van der Waals surface area contributed by atoms with Crippen molar-refractivity contribution in [3.05, 3.63) is 245 Å². The van der Waals surface area contributed by atoms with Crippen molar-refractivity contribution >= 4 is 69.9 Å². The summed E-state index contributed by atoms with van der Waals surface area (Å²) in [6.45, 7) is 13.0. The van der Waals surface area contributed by atoms with Crippen LogP contribution in [-0.4, -0.2) is 18.4 Å². The predicted octanol–water partition coefficient (Wildman–Crippen LogP) is 14.8. The van der Waals surface area contributed by atoms with E-state index in [0.717, 1.165) is 72.2 Å². The second-order valence-electron chi connectivity index (χ2n) is 17.5. The first-order valence-electron chi connectivity index (χ1n) is 23.4. The Morgan fingerprint density at radius 1 is 0.696 bits per heavy atom. The van der Waals surface area contributed by atoms with Crippen molar-refractivity contribution in [2.24, 2.45) is 15.0 Å². The van der Waals surface area contributed by atoms with Crippen LogP contribution in [0.1, 0.15) is 55.7 Å². The Balaban J connectivity index is 1.09. The molecule has 0 N–H and O–H groups in total. The molecule has 0 saturated heterocycles. The molecule has 0 bridgehead atoms. The van der Waals surface area contributed by atoms with Gasteiger partial charge in [0.2, 0.25) is 0 Å². The summed E-state index contributed by atoms with van der Waals surface area (Å²) in [5.41, 5.74) is 14.5. The molecule has 336 valence electrons. The van der Waals surface area contributed by atoms with Gasteiger partial charge in [0.25, 0.3) is 0 Å². The first-order valence-corrected chi connectivity index (χ1v) is 23.4. The van der Waals surface area contributed by atoms with Gasteiger partial charge in [-0.05, 0) is 121 Å². The third-order valence-electron chi connectivity index (χ3n) is 12.8. The topological polar surface area (TPSA) is 66.6 Å². The fourth-order valence-electron chi connectivity index (χ4n) is 9.36. The number of fused-ring (bicyclic) bond motifs is 5. The molecule has 2 heterocycles. The van der Waals surface area contributed by atoms with E-state index >= 15 is 0 Å². The van der Waals surface area contributed by atoms with Crippen LogP contribution < -0.4 is 15.5 Å². The number of nitrogens with zero attached hydrogens (tertiary/aromatic N) is 4. The van der Waals surface area contributed by atoms with Gasteiger partial charge >= 0.3 is 0 Å². The fraction of sp³-hybridized carbons (Fsp3) is 0.0952. The van der Waals surface area contributed by atoms with Crippen LogP contribution in [0.25, 0.3) is 62.4 Å². The van der Waals surface area contributed by atoms with Crippen LogP contribution in [0.5, 0.6) is 0 Å². The van der Waals surface area contributed by atoms with E-state index in [2.05, 4.69) is 159 Å². The number of amidine groups is 2. The minimum Gasteiger partial charge on any atom is -0.457 e. The van der Waals surface area contributed by atoms with Crippen molar-refractivity contribution < 1.29 is 8.83 Å². The Hall–Kier alpha value is -8.61. The van der Waals surface area contributed by atoms with E-state index in [1.165, 1.54) is 22.3 Å². The molecule has 0 radical (unpaired) electrons. The van der Waals surface area contributed by atoms with Crippen molar-refractivity contribution in [2.75, 3.05) is 4.90 Å². The van der Waals surface area contributed by atoms with Gasteiger partial charge in [0.1, 0.15) is 22.3 Å². The van der Waals surface area contributed by atoms with Crippen molar-refractivity contribution in [1.82, 2.24) is 0 Å². The van der Waals surface area contributed by atoms with Crippen molar-refractivity contribution in [3.63, 3.8) is 0 Å². The first kappa shape index (κ1) is 44.2. The number of rotatable bonds is 11. The van der Waals surface area contributed by atoms with Gasteiger partial charge in [0, 0.05) is 43.9 Å². The standard InChI is InChI=1S/C63H52N4O2/c1-6-8-29-58-53(41-60(65-42-43-20-11-9-12-21-43)66-62(64-5)45-22-13-10-14-23-45)52-40-46(33-38-59(52)69-58)44-31-34-49(35-32-44)67(48(7-2)36-37-50-39-47-24-15-18-30-57(47)68-50)56-28-19-27-55-61(56)51-25-16-17-26-54(51)63(55,3)4/h6-41H,5,42H2,1-4H3/b8-6-,37-36-,48-7+,53-41?,58-29+,65-60?,66-62?. The summed E-state index contributed by atoms with van der Waals surface area (Å²) in [5.74, 6) is 1.79. The number of furan rings is 2. The molecule has 6 nitrogen and oxygen atoms in total. The molecule has 10 rings (SSSR count). The summed E-state index contributed by atoms with van der Waals surface area (Å²) < 4.78 is 12.8. The molecule has 1 aliphatic rings. The highest BCUT2D eigenvalue weighted by Gasteiger charge is 2.37. The van der Waals surface area contributed by atoms with E-state index < -0.39 is 0 Å². The maximum Gasteiger partial charge on any atom is 0.160 e. The average Bonchev–Trinajstić information content (AvgIpc) is 4.05. The molecule has 0 spiro atoms. The van der Waals surface area contributed by atoms with Crippen LogP contribution >= 0.6 is 0 Å². The number of hydrogen-bond acceptors (Lipinski definition) is 4. The zero-order valence-electron chi connectivity index (χ0n) is 39.3. The van der Waals surface area contributed by atoms with Gasteiger partial charge in [-0.15, -0.1) is 0 Å². The van der Waals surface area contributed by atoms with E-state index in [4.69, 9.17) is 18.8 Å². The lowest BCUT2D eigenvalue weighted by Gasteiger charge is -2.29. The van der Waals surface area contributed by atoms with E-state index in [1.807, 2.05) is 104 Å². The Kier molecular flexibility index (Phi) is 12.4. The zero-order chi connectivity index (χ0) is 47.3. The van der Waals surface area contributed by atoms with Crippen molar-refractivity contribution in [3.8, 4) is 22.3 Å². The smallest absolute Gasteiger partial charge is 0.160 e. The SMILES string of the molecule is C=NC(=NC(C=c1/c(=C\C=C/C)oc2ccc(-c3ccc(N(C(/C=C\c4cc5ccccc5o4)=C/C)c4cccc5c4-c4ccccc4C5(C)C)cc3)cc12)=NCc1ccccc1)c1ccccc1. The lowest BCUT2D eigenvalue weighted by atomic mass is 9.82. The van der Waals surface area contributed by atoms with E-state index in [0.29, 0.717) is 23.6 Å². The van der Waals surface area contributed by atoms with E-state index in [9.17, 15) is 0 Å². The van der Waals surface area contributed by atoms with Gasteiger partial charge < -0.3 is 13.7 Å². The van der Waals surface area contributed by atoms with Gasteiger partial charge in [0.05, 0.1) is 12.2 Å². The summed E-state index contributed by atoms with van der Waals surface area (Å²) in [7, 11) is 0. The van der Waals surface area contributed by atoms with Crippen molar-refractivity contribution in [2.45, 2.75) is 39.7 Å². The second kappa shape index (κ2) is 19.3. The lowest BCUT2D eigenvalue weighted by Crippen LogP contribution is -2.21. The molecule has 0 fully saturated rings. The van der Waals surface area contributed by atoms with Gasteiger partial charge in [-0.3, -0.25) is 4.99 Å². The molecular weight excluding hydrogens is 845 g/mol. The summed E-state index contributed by atoms with van der Waals surface area (Å²) in [6.07, 6.45) is 14.3. The summed E-state index contributed by atoms with van der Waals surface area (Å²) >= 11 is 0. The van der Waals surface area contributed by atoms with Gasteiger partial charge in [0.15, 0.2) is 11.7 Å². The Bertz CT molecular complexity index is 3610. The number of benzene rings is 7. The number of hydrogen-bond donors (Lipinski definition) is 0. The van der Waals surface area contributed by atoms with Gasteiger partial charge in [-0.2, -0.15) is 0 Å². The molecule has 7 aromatic carbocycles. The van der Waals surface area contributed by atoms with Crippen LogP contribution in [0.4, 0.5) is 11.4 Å². The normalized spacial score (nSPS) is 14.3. The first-order chi connectivity index (χ1) is 33.8.